The molecule has 0 aliphatic carbocycles. The van der Waals surface area contributed by atoms with E-state index in [0.29, 0.717) is 6.04 Å². The Morgan fingerprint density at radius 3 is 2.55 bits per heavy atom. The Kier molecular flexibility index (Phi) is 4.40. The average molecular weight is 269 g/mol. The van der Waals surface area contributed by atoms with E-state index in [1.54, 1.807) is 0 Å². The Labute approximate surface area is 121 Å². The third-order valence-corrected chi connectivity index (χ3v) is 3.76. The lowest BCUT2D eigenvalue weighted by molar-refractivity contribution is 0.651. The zero-order chi connectivity index (χ0) is 14.7. The maximum absolute atomic E-state index is 4.49. The monoisotopic (exact) mass is 269 g/mol. The predicted octanol–water partition coefficient (Wildman–Crippen LogP) is 3.75. The first kappa shape index (κ1) is 14.5. The normalized spacial score (nSPS) is 12.2. The van der Waals surface area contributed by atoms with Crippen LogP contribution in [0, 0.1) is 13.8 Å². The van der Waals surface area contributed by atoms with Crippen molar-refractivity contribution in [3.05, 3.63) is 53.2 Å². The van der Waals surface area contributed by atoms with Gasteiger partial charge in [0.2, 0.25) is 0 Å². The third-order valence-electron chi connectivity index (χ3n) is 3.76. The molecule has 0 fully saturated rings. The van der Waals surface area contributed by atoms with E-state index in [9.17, 15) is 0 Å². The van der Waals surface area contributed by atoms with Crippen LogP contribution in [0.25, 0.3) is 0 Å². The number of aromatic nitrogens is 1. The fourth-order valence-electron chi connectivity index (χ4n) is 2.36. The molecular formula is C17H23N3. The lowest BCUT2D eigenvalue weighted by atomic mass is 10.1. The summed E-state index contributed by atoms with van der Waals surface area (Å²) >= 11 is 0. The van der Waals surface area contributed by atoms with Crippen LogP contribution in [0.3, 0.4) is 0 Å². The molecule has 0 radical (unpaired) electrons. The van der Waals surface area contributed by atoms with Gasteiger partial charge in [-0.3, -0.25) is 0 Å². The summed E-state index contributed by atoms with van der Waals surface area (Å²) in [4.78, 5) is 6.63. The van der Waals surface area contributed by atoms with Gasteiger partial charge in [-0.15, -0.1) is 0 Å². The summed E-state index contributed by atoms with van der Waals surface area (Å²) in [6, 6.07) is 11.0. The molecule has 1 heterocycles. The van der Waals surface area contributed by atoms with E-state index < -0.39 is 0 Å². The Hall–Kier alpha value is -1.87. The molecule has 1 aromatic carbocycles. The van der Waals surface area contributed by atoms with Crippen LogP contribution in [-0.4, -0.2) is 19.1 Å². The molecule has 1 atom stereocenters. The first-order chi connectivity index (χ1) is 9.52. The molecule has 20 heavy (non-hydrogen) atoms. The fraction of sp³-hybridized carbons (Fsp3) is 0.353. The van der Waals surface area contributed by atoms with Gasteiger partial charge < -0.3 is 10.2 Å². The van der Waals surface area contributed by atoms with E-state index in [1.165, 1.54) is 22.4 Å². The lowest BCUT2D eigenvalue weighted by Crippen LogP contribution is -2.16. The summed E-state index contributed by atoms with van der Waals surface area (Å²) in [5.41, 5.74) is 4.98. The van der Waals surface area contributed by atoms with Gasteiger partial charge in [-0.25, -0.2) is 4.98 Å². The number of hydrogen-bond donors (Lipinski definition) is 1. The number of rotatable bonds is 4. The van der Waals surface area contributed by atoms with Crippen LogP contribution in [-0.2, 0) is 0 Å². The highest BCUT2D eigenvalue weighted by Crippen LogP contribution is 2.27. The second-order valence-electron chi connectivity index (χ2n) is 5.31. The first-order valence-corrected chi connectivity index (χ1v) is 6.97. The maximum atomic E-state index is 4.49. The Morgan fingerprint density at radius 1 is 1.15 bits per heavy atom. The van der Waals surface area contributed by atoms with Gasteiger partial charge in [-0.05, 0) is 57.1 Å². The summed E-state index contributed by atoms with van der Waals surface area (Å²) in [6.45, 7) is 6.40. The smallest absolute Gasteiger partial charge is 0.132 e. The Balaban J connectivity index is 2.35. The van der Waals surface area contributed by atoms with Crippen LogP contribution in [0.4, 0.5) is 11.5 Å². The third kappa shape index (κ3) is 2.99. The SMILES string of the molecule is CNC(C)c1ccnc(N(C)c2ccc(C)cc2C)c1. The van der Waals surface area contributed by atoms with E-state index in [0.717, 1.165) is 5.82 Å². The number of pyridine rings is 1. The molecule has 0 saturated carbocycles. The van der Waals surface area contributed by atoms with E-state index in [1.807, 2.05) is 13.2 Å². The van der Waals surface area contributed by atoms with Crippen molar-refractivity contribution in [1.82, 2.24) is 10.3 Å². The minimum Gasteiger partial charge on any atom is -0.329 e. The van der Waals surface area contributed by atoms with Crippen LogP contribution in [0.1, 0.15) is 29.7 Å². The summed E-state index contributed by atoms with van der Waals surface area (Å²) in [6.07, 6.45) is 1.87. The van der Waals surface area contributed by atoms with Crippen molar-refractivity contribution in [3.8, 4) is 0 Å². The summed E-state index contributed by atoms with van der Waals surface area (Å²) in [7, 11) is 4.03. The Bertz CT molecular complexity index is 593. The van der Waals surface area contributed by atoms with Gasteiger partial charge >= 0.3 is 0 Å². The molecule has 0 aliphatic heterocycles. The van der Waals surface area contributed by atoms with E-state index in [-0.39, 0.29) is 0 Å². The Morgan fingerprint density at radius 2 is 1.90 bits per heavy atom. The molecule has 1 unspecified atom stereocenters. The van der Waals surface area contributed by atoms with Crippen LogP contribution in [0.15, 0.2) is 36.5 Å². The van der Waals surface area contributed by atoms with Crippen LogP contribution in [0.2, 0.25) is 0 Å². The van der Waals surface area contributed by atoms with Gasteiger partial charge in [-0.1, -0.05) is 17.7 Å². The van der Waals surface area contributed by atoms with Crippen molar-refractivity contribution in [1.29, 1.82) is 0 Å². The molecule has 3 heteroatoms. The topological polar surface area (TPSA) is 28.2 Å². The minimum atomic E-state index is 0.323. The standard InChI is InChI=1S/C17H23N3/c1-12-6-7-16(13(2)10-12)20(5)17-11-15(8-9-19-17)14(3)18-4/h6-11,14,18H,1-5H3. The van der Waals surface area contributed by atoms with E-state index >= 15 is 0 Å². The van der Waals surface area contributed by atoms with Crippen molar-refractivity contribution in [2.75, 3.05) is 19.0 Å². The van der Waals surface area contributed by atoms with Crippen molar-refractivity contribution in [3.63, 3.8) is 0 Å². The zero-order valence-electron chi connectivity index (χ0n) is 12.9. The van der Waals surface area contributed by atoms with E-state index in [2.05, 4.69) is 73.4 Å². The highest BCUT2D eigenvalue weighted by molar-refractivity contribution is 5.63. The van der Waals surface area contributed by atoms with Crippen molar-refractivity contribution < 1.29 is 0 Å². The lowest BCUT2D eigenvalue weighted by Gasteiger charge is -2.22. The number of nitrogens with zero attached hydrogens (tertiary/aromatic N) is 2. The van der Waals surface area contributed by atoms with Gasteiger partial charge in [0, 0.05) is 25.0 Å². The minimum absolute atomic E-state index is 0.323. The number of anilines is 2. The largest absolute Gasteiger partial charge is 0.329 e. The number of aryl methyl sites for hydroxylation is 2. The van der Waals surface area contributed by atoms with Gasteiger partial charge in [0.25, 0.3) is 0 Å². The fourth-order valence-corrected chi connectivity index (χ4v) is 2.36. The summed E-state index contributed by atoms with van der Waals surface area (Å²) < 4.78 is 0. The molecule has 3 nitrogen and oxygen atoms in total. The number of benzene rings is 1. The average Bonchev–Trinajstić information content (AvgIpc) is 2.46. The second-order valence-corrected chi connectivity index (χ2v) is 5.31. The predicted molar refractivity (Wildman–Crippen MR) is 85.7 cm³/mol. The van der Waals surface area contributed by atoms with Gasteiger partial charge in [0.1, 0.15) is 5.82 Å². The number of nitrogens with one attached hydrogen (secondary N) is 1. The maximum Gasteiger partial charge on any atom is 0.132 e. The summed E-state index contributed by atoms with van der Waals surface area (Å²) in [5.74, 6) is 0.969. The van der Waals surface area contributed by atoms with Crippen LogP contribution < -0.4 is 10.2 Å². The van der Waals surface area contributed by atoms with E-state index in [4.69, 9.17) is 0 Å². The van der Waals surface area contributed by atoms with Crippen molar-refractivity contribution >= 4 is 11.5 Å². The molecule has 2 rings (SSSR count). The quantitative estimate of drug-likeness (QED) is 0.916. The van der Waals surface area contributed by atoms with Gasteiger partial charge in [0.05, 0.1) is 0 Å². The summed E-state index contributed by atoms with van der Waals surface area (Å²) in [5, 5.41) is 3.26. The number of hydrogen-bond acceptors (Lipinski definition) is 3. The molecule has 1 aromatic heterocycles. The molecule has 0 aliphatic rings. The van der Waals surface area contributed by atoms with Crippen LogP contribution >= 0.6 is 0 Å². The van der Waals surface area contributed by atoms with Gasteiger partial charge in [-0.2, -0.15) is 0 Å². The van der Waals surface area contributed by atoms with Crippen molar-refractivity contribution in [2.24, 2.45) is 0 Å². The molecular weight excluding hydrogens is 246 g/mol. The molecule has 0 amide bonds. The van der Waals surface area contributed by atoms with Gasteiger partial charge in [0.15, 0.2) is 0 Å². The molecule has 0 spiro atoms. The highest BCUT2D eigenvalue weighted by atomic mass is 15.2. The molecule has 0 saturated heterocycles. The molecule has 106 valence electrons. The molecule has 0 bridgehead atoms. The highest BCUT2D eigenvalue weighted by Gasteiger charge is 2.10. The molecule has 1 N–H and O–H groups in total. The second kappa shape index (κ2) is 6.06. The first-order valence-electron chi connectivity index (χ1n) is 6.97. The molecule has 2 aromatic rings. The van der Waals surface area contributed by atoms with Crippen molar-refractivity contribution in [2.45, 2.75) is 26.8 Å². The van der Waals surface area contributed by atoms with Crippen LogP contribution in [0.5, 0.6) is 0 Å². The zero-order valence-corrected chi connectivity index (χ0v) is 12.9.